The van der Waals surface area contributed by atoms with E-state index in [0.29, 0.717) is 0 Å². The number of carbonyl (C=O) groups is 3. The first kappa shape index (κ1) is 22.2. The second kappa shape index (κ2) is 8.32. The molecule has 1 aliphatic heterocycles. The van der Waals surface area contributed by atoms with Gasteiger partial charge in [0.15, 0.2) is 0 Å². The van der Waals surface area contributed by atoms with E-state index in [-0.39, 0.29) is 51.1 Å². The molecule has 1 saturated heterocycles. The van der Waals surface area contributed by atoms with Crippen molar-refractivity contribution in [1.82, 2.24) is 10.0 Å². The molecule has 0 N–H and O–H groups in total. The van der Waals surface area contributed by atoms with Crippen LogP contribution < -0.4 is 0 Å². The molecule has 6 atom stereocenters. The molecular formula is C23H19Br2N3O5. The molecule has 2 aromatic carbocycles. The van der Waals surface area contributed by atoms with Gasteiger partial charge in [-0.15, -0.1) is 0 Å². The average Bonchev–Trinajstić information content (AvgIpc) is 3.43. The van der Waals surface area contributed by atoms with Gasteiger partial charge < -0.3 is 0 Å². The van der Waals surface area contributed by atoms with Crippen LogP contribution in [0.25, 0.3) is 0 Å². The third-order valence-electron chi connectivity index (χ3n) is 6.92. The van der Waals surface area contributed by atoms with Crippen LogP contribution in [0.15, 0.2) is 54.6 Å². The Labute approximate surface area is 206 Å². The van der Waals surface area contributed by atoms with Crippen LogP contribution in [0.1, 0.15) is 22.3 Å². The lowest BCUT2D eigenvalue weighted by molar-refractivity contribution is -0.384. The number of benzene rings is 2. The molecule has 0 aromatic heterocycles. The molecule has 5 rings (SSSR count). The molecule has 2 saturated carbocycles. The molecule has 33 heavy (non-hydrogen) atoms. The monoisotopic (exact) mass is 575 g/mol. The van der Waals surface area contributed by atoms with Crippen molar-refractivity contribution < 1.29 is 19.3 Å². The highest BCUT2D eigenvalue weighted by Gasteiger charge is 2.67. The molecule has 3 amide bonds. The highest BCUT2D eigenvalue weighted by atomic mass is 79.9. The number of non-ortho nitro benzene ring substituents is 1. The number of hydrogen-bond donors (Lipinski definition) is 0. The predicted molar refractivity (Wildman–Crippen MR) is 125 cm³/mol. The summed E-state index contributed by atoms with van der Waals surface area (Å²) in [6.45, 7) is -0.00982. The average molecular weight is 577 g/mol. The molecule has 2 bridgehead atoms. The smallest absolute Gasteiger partial charge is 0.272 e. The van der Waals surface area contributed by atoms with Crippen LogP contribution in [0, 0.1) is 33.8 Å². The number of fused-ring (bicyclic) bond motifs is 5. The summed E-state index contributed by atoms with van der Waals surface area (Å²) in [5.74, 6) is -2.32. The normalized spacial score (nSPS) is 29.9. The van der Waals surface area contributed by atoms with Gasteiger partial charge in [0.2, 0.25) is 0 Å². The quantitative estimate of drug-likeness (QED) is 0.232. The maximum Gasteiger partial charge on any atom is 0.273 e. The SMILES string of the molecule is O=C(c1cccc([N+](=O)[O-])c1)N(Cc1ccccc1)N1C(=O)[C@@H]2[C@H]3C[C@@H]([C@@H](Br)[C@H]3Br)[C@H]2C1=O. The lowest BCUT2D eigenvalue weighted by atomic mass is 9.81. The number of hydrogen-bond acceptors (Lipinski definition) is 5. The van der Waals surface area contributed by atoms with Gasteiger partial charge >= 0.3 is 0 Å². The molecule has 10 heteroatoms. The lowest BCUT2D eigenvalue weighted by Gasteiger charge is -2.31. The number of imide groups is 1. The van der Waals surface area contributed by atoms with Crippen LogP contribution >= 0.6 is 31.9 Å². The van der Waals surface area contributed by atoms with Crippen molar-refractivity contribution >= 4 is 55.3 Å². The molecule has 8 nitrogen and oxygen atoms in total. The van der Waals surface area contributed by atoms with Crippen LogP contribution in [0.5, 0.6) is 0 Å². The van der Waals surface area contributed by atoms with Crippen molar-refractivity contribution in [1.29, 1.82) is 0 Å². The molecule has 3 aliphatic rings. The Bertz CT molecular complexity index is 1130. The largest absolute Gasteiger partial charge is 0.273 e. The molecule has 2 aliphatic carbocycles. The van der Waals surface area contributed by atoms with Crippen LogP contribution in [0.3, 0.4) is 0 Å². The molecule has 2 aromatic rings. The van der Waals surface area contributed by atoms with Gasteiger partial charge in [-0.1, -0.05) is 68.3 Å². The van der Waals surface area contributed by atoms with Gasteiger partial charge in [-0.3, -0.25) is 24.5 Å². The van der Waals surface area contributed by atoms with Gasteiger partial charge in [0.25, 0.3) is 23.4 Å². The highest BCUT2D eigenvalue weighted by molar-refractivity contribution is 9.12. The van der Waals surface area contributed by atoms with Crippen molar-refractivity contribution in [2.24, 2.45) is 23.7 Å². The second-order valence-corrected chi connectivity index (χ2v) is 10.8. The van der Waals surface area contributed by atoms with E-state index in [0.717, 1.165) is 22.0 Å². The molecule has 0 radical (unpaired) electrons. The van der Waals surface area contributed by atoms with E-state index in [1.807, 2.05) is 6.07 Å². The van der Waals surface area contributed by atoms with E-state index in [4.69, 9.17) is 0 Å². The Morgan fingerprint density at radius 1 is 1.00 bits per heavy atom. The molecule has 0 spiro atoms. The van der Waals surface area contributed by atoms with Crippen LogP contribution in [0.4, 0.5) is 5.69 Å². The van der Waals surface area contributed by atoms with E-state index in [1.54, 1.807) is 24.3 Å². The number of amides is 3. The van der Waals surface area contributed by atoms with E-state index in [9.17, 15) is 24.5 Å². The van der Waals surface area contributed by atoms with Crippen molar-refractivity contribution in [2.75, 3.05) is 0 Å². The Hall–Kier alpha value is -2.59. The number of carbonyl (C=O) groups excluding carboxylic acids is 3. The summed E-state index contributed by atoms with van der Waals surface area (Å²) >= 11 is 7.34. The highest BCUT2D eigenvalue weighted by Crippen LogP contribution is 2.60. The van der Waals surface area contributed by atoms with Gasteiger partial charge in [-0.25, -0.2) is 5.01 Å². The van der Waals surface area contributed by atoms with E-state index in [2.05, 4.69) is 31.9 Å². The van der Waals surface area contributed by atoms with Crippen LogP contribution in [-0.2, 0) is 16.1 Å². The third kappa shape index (κ3) is 3.50. The van der Waals surface area contributed by atoms with E-state index < -0.39 is 22.7 Å². The minimum atomic E-state index is -0.637. The number of nitro groups is 1. The summed E-state index contributed by atoms with van der Waals surface area (Å²) in [5, 5.41) is 13.4. The van der Waals surface area contributed by atoms with Crippen molar-refractivity contribution in [2.45, 2.75) is 22.6 Å². The first-order chi connectivity index (χ1) is 15.8. The van der Waals surface area contributed by atoms with Gasteiger partial charge in [0, 0.05) is 27.4 Å². The zero-order chi connectivity index (χ0) is 23.4. The number of alkyl halides is 2. The number of halogens is 2. The van der Waals surface area contributed by atoms with E-state index >= 15 is 0 Å². The molecule has 3 fully saturated rings. The summed E-state index contributed by atoms with van der Waals surface area (Å²) in [4.78, 5) is 51.5. The Morgan fingerprint density at radius 2 is 1.61 bits per heavy atom. The molecular weight excluding hydrogens is 558 g/mol. The van der Waals surface area contributed by atoms with Gasteiger partial charge in [0.1, 0.15) is 0 Å². The zero-order valence-corrected chi connectivity index (χ0v) is 20.4. The fourth-order valence-corrected chi connectivity index (χ4v) is 7.34. The third-order valence-corrected chi connectivity index (χ3v) is 10.1. The second-order valence-electron chi connectivity index (χ2n) is 8.65. The molecule has 0 unspecified atom stereocenters. The first-order valence-corrected chi connectivity index (χ1v) is 12.4. The fraction of sp³-hybridized carbons (Fsp3) is 0.348. The number of nitro benzene ring substituents is 1. The summed E-state index contributed by atoms with van der Waals surface area (Å²) in [5.41, 5.74) is 0.532. The Morgan fingerprint density at radius 3 is 2.18 bits per heavy atom. The summed E-state index contributed by atoms with van der Waals surface area (Å²) in [7, 11) is 0. The van der Waals surface area contributed by atoms with E-state index in [1.165, 1.54) is 24.3 Å². The lowest BCUT2D eigenvalue weighted by Crippen LogP contribution is -2.50. The minimum absolute atomic E-state index is 0.00982. The van der Waals surface area contributed by atoms with Gasteiger partial charge in [0.05, 0.1) is 23.3 Å². The maximum atomic E-state index is 13.6. The summed E-state index contributed by atoms with van der Waals surface area (Å²) < 4.78 is 0. The summed E-state index contributed by atoms with van der Waals surface area (Å²) in [6.07, 6.45) is 0.782. The van der Waals surface area contributed by atoms with Gasteiger partial charge in [-0.05, 0) is 29.9 Å². The summed E-state index contributed by atoms with van der Waals surface area (Å²) in [6, 6.07) is 14.4. The van der Waals surface area contributed by atoms with Crippen LogP contribution in [0.2, 0.25) is 0 Å². The first-order valence-electron chi connectivity index (χ1n) is 10.6. The molecule has 170 valence electrons. The van der Waals surface area contributed by atoms with Crippen LogP contribution in [-0.4, -0.2) is 42.3 Å². The molecule has 1 heterocycles. The predicted octanol–water partition coefficient (Wildman–Crippen LogP) is 3.93. The Kier molecular flexibility index (Phi) is 5.60. The minimum Gasteiger partial charge on any atom is -0.272 e. The fourth-order valence-electron chi connectivity index (χ4n) is 5.46. The van der Waals surface area contributed by atoms with Gasteiger partial charge in [-0.2, -0.15) is 5.01 Å². The van der Waals surface area contributed by atoms with Crippen molar-refractivity contribution in [3.63, 3.8) is 0 Å². The van der Waals surface area contributed by atoms with Crippen molar-refractivity contribution in [3.8, 4) is 0 Å². The maximum absolute atomic E-state index is 13.6. The van der Waals surface area contributed by atoms with Crippen molar-refractivity contribution in [3.05, 3.63) is 75.8 Å². The zero-order valence-electron chi connectivity index (χ0n) is 17.2. The standard InChI is InChI=1S/C23H19Br2N3O5/c24-19-15-10-16(20(19)25)18-17(15)22(30)27(23(18)31)26(11-12-5-2-1-3-6-12)21(29)13-7-4-8-14(9-13)28(32)33/h1-9,15-20H,10-11H2/t15-,16-,17-,18-,19-,20+/m1/s1. The number of nitrogens with zero attached hydrogens (tertiary/aromatic N) is 3. The Balaban J connectivity index is 1.53. The number of rotatable bonds is 5. The number of hydrazine groups is 1. The topological polar surface area (TPSA) is 101 Å².